The number of hydrogen-bond donors (Lipinski definition) is 1. The Labute approximate surface area is 97.3 Å². The van der Waals surface area contributed by atoms with Gasteiger partial charge in [-0.2, -0.15) is 4.99 Å². The summed E-state index contributed by atoms with van der Waals surface area (Å²) in [7, 11) is 0. The maximum absolute atomic E-state index is 11.4. The highest BCUT2D eigenvalue weighted by Crippen LogP contribution is 2.29. The Morgan fingerprint density at radius 1 is 1.44 bits per heavy atom. The van der Waals surface area contributed by atoms with E-state index >= 15 is 0 Å². The van der Waals surface area contributed by atoms with Gasteiger partial charge in [0.05, 0.1) is 0 Å². The van der Waals surface area contributed by atoms with Crippen molar-refractivity contribution in [2.75, 3.05) is 0 Å². The van der Waals surface area contributed by atoms with Crippen LogP contribution < -0.4 is 5.73 Å². The third-order valence-corrected chi connectivity index (χ3v) is 2.80. The first-order valence-corrected chi connectivity index (χ1v) is 5.83. The highest BCUT2D eigenvalue weighted by atomic mass is 16.6. The summed E-state index contributed by atoms with van der Waals surface area (Å²) < 4.78 is 5.11. The summed E-state index contributed by atoms with van der Waals surface area (Å²) in [5.74, 6) is 0.492. The van der Waals surface area contributed by atoms with Crippen molar-refractivity contribution in [1.82, 2.24) is 0 Å². The monoisotopic (exact) mass is 226 g/mol. The third-order valence-electron chi connectivity index (χ3n) is 2.80. The average Bonchev–Trinajstić information content (AvgIpc) is 1.96. The number of hydrogen-bond acceptors (Lipinski definition) is 3. The van der Waals surface area contributed by atoms with Crippen molar-refractivity contribution in [2.45, 2.75) is 58.6 Å². The van der Waals surface area contributed by atoms with E-state index in [-0.39, 0.29) is 6.04 Å². The first-order chi connectivity index (χ1) is 7.29. The van der Waals surface area contributed by atoms with Gasteiger partial charge >= 0.3 is 6.09 Å². The fourth-order valence-electron chi connectivity index (χ4n) is 1.64. The SMILES string of the molecule is C/C(=N/C(=O)OC(C)(C)C)[C@H](N)C1CCC1. The van der Waals surface area contributed by atoms with Crippen molar-refractivity contribution in [3.63, 3.8) is 0 Å². The van der Waals surface area contributed by atoms with Crippen LogP contribution in [-0.2, 0) is 4.74 Å². The smallest absolute Gasteiger partial charge is 0.434 e. The number of carbonyl (C=O) groups excluding carboxylic acids is 1. The summed E-state index contributed by atoms with van der Waals surface area (Å²) in [6.45, 7) is 7.26. The number of nitrogens with zero attached hydrogens (tertiary/aromatic N) is 1. The second-order valence-corrected chi connectivity index (χ2v) is 5.45. The lowest BCUT2D eigenvalue weighted by atomic mass is 9.78. The summed E-state index contributed by atoms with van der Waals surface area (Å²) >= 11 is 0. The predicted octanol–water partition coefficient (Wildman–Crippen LogP) is 2.51. The predicted molar refractivity (Wildman–Crippen MR) is 64.7 cm³/mol. The summed E-state index contributed by atoms with van der Waals surface area (Å²) in [6.07, 6.45) is 2.97. The molecule has 0 heterocycles. The van der Waals surface area contributed by atoms with E-state index in [4.69, 9.17) is 10.5 Å². The Morgan fingerprint density at radius 2 is 2.00 bits per heavy atom. The second-order valence-electron chi connectivity index (χ2n) is 5.45. The number of rotatable bonds is 2. The largest absolute Gasteiger partial charge is 0.442 e. The van der Waals surface area contributed by atoms with Crippen LogP contribution in [0.4, 0.5) is 4.79 Å². The first kappa shape index (κ1) is 13.2. The molecule has 1 amide bonds. The molecular weight excluding hydrogens is 204 g/mol. The molecule has 0 bridgehead atoms. The minimum absolute atomic E-state index is 0.0960. The van der Waals surface area contributed by atoms with Crippen LogP contribution in [0.25, 0.3) is 0 Å². The zero-order valence-corrected chi connectivity index (χ0v) is 10.6. The lowest BCUT2D eigenvalue weighted by Crippen LogP contribution is -2.40. The molecule has 0 radical (unpaired) electrons. The van der Waals surface area contributed by atoms with Crippen molar-refractivity contribution >= 4 is 11.8 Å². The number of nitrogens with two attached hydrogens (primary N) is 1. The Morgan fingerprint density at radius 3 is 2.38 bits per heavy atom. The van der Waals surface area contributed by atoms with E-state index in [0.29, 0.717) is 11.6 Å². The van der Waals surface area contributed by atoms with Gasteiger partial charge in [-0.3, -0.25) is 0 Å². The molecule has 0 aromatic carbocycles. The molecule has 1 fully saturated rings. The van der Waals surface area contributed by atoms with Crippen molar-refractivity contribution in [2.24, 2.45) is 16.6 Å². The number of carbonyl (C=O) groups is 1. The molecule has 0 aromatic rings. The van der Waals surface area contributed by atoms with Gasteiger partial charge < -0.3 is 10.5 Å². The van der Waals surface area contributed by atoms with E-state index < -0.39 is 11.7 Å². The van der Waals surface area contributed by atoms with Gasteiger partial charge in [0.2, 0.25) is 0 Å². The zero-order valence-electron chi connectivity index (χ0n) is 10.6. The van der Waals surface area contributed by atoms with Gasteiger partial charge in [0.1, 0.15) is 5.60 Å². The third kappa shape index (κ3) is 3.93. The molecule has 16 heavy (non-hydrogen) atoms. The minimum Gasteiger partial charge on any atom is -0.442 e. The van der Waals surface area contributed by atoms with Crippen LogP contribution in [0.2, 0.25) is 0 Å². The highest BCUT2D eigenvalue weighted by molar-refractivity contribution is 5.95. The molecule has 0 aliphatic heterocycles. The average molecular weight is 226 g/mol. The number of ether oxygens (including phenoxy) is 1. The van der Waals surface area contributed by atoms with Crippen molar-refractivity contribution in [1.29, 1.82) is 0 Å². The summed E-state index contributed by atoms with van der Waals surface area (Å²) in [4.78, 5) is 15.3. The zero-order chi connectivity index (χ0) is 12.3. The Bertz CT molecular complexity index is 288. The maximum atomic E-state index is 11.4. The van der Waals surface area contributed by atoms with E-state index in [0.717, 1.165) is 12.8 Å². The molecule has 0 aromatic heterocycles. The van der Waals surface area contributed by atoms with Crippen LogP contribution in [0.3, 0.4) is 0 Å². The normalized spacial score (nSPS) is 20.2. The molecule has 1 saturated carbocycles. The summed E-state index contributed by atoms with van der Waals surface area (Å²) in [6, 6.07) is -0.0960. The number of aliphatic imine (C=N–C) groups is 1. The quantitative estimate of drug-likeness (QED) is 0.736. The molecule has 0 spiro atoms. The van der Waals surface area contributed by atoms with Crippen LogP contribution in [0.5, 0.6) is 0 Å². The van der Waals surface area contributed by atoms with Gasteiger partial charge in [-0.05, 0) is 46.5 Å². The fourth-order valence-corrected chi connectivity index (χ4v) is 1.64. The molecule has 92 valence electrons. The van der Waals surface area contributed by atoms with Crippen LogP contribution in [0.1, 0.15) is 47.0 Å². The second kappa shape index (κ2) is 4.95. The Hall–Kier alpha value is -0.900. The van der Waals surface area contributed by atoms with Crippen molar-refractivity contribution in [3.05, 3.63) is 0 Å². The number of amides is 1. The lowest BCUT2D eigenvalue weighted by molar-refractivity contribution is 0.0603. The van der Waals surface area contributed by atoms with Gasteiger partial charge in [-0.25, -0.2) is 4.79 Å². The molecule has 1 rings (SSSR count). The van der Waals surface area contributed by atoms with Gasteiger partial charge in [0.25, 0.3) is 0 Å². The maximum Gasteiger partial charge on any atom is 0.434 e. The Kier molecular flexibility index (Phi) is 4.08. The highest BCUT2D eigenvalue weighted by Gasteiger charge is 2.27. The Balaban J connectivity index is 2.51. The molecule has 1 aliphatic carbocycles. The molecule has 2 N–H and O–H groups in total. The van der Waals surface area contributed by atoms with E-state index in [1.54, 1.807) is 6.92 Å². The summed E-state index contributed by atoms with van der Waals surface area (Å²) in [5, 5.41) is 0. The molecular formula is C12H22N2O2. The molecule has 4 nitrogen and oxygen atoms in total. The van der Waals surface area contributed by atoms with Crippen molar-refractivity contribution in [3.8, 4) is 0 Å². The minimum atomic E-state index is -0.542. The topological polar surface area (TPSA) is 64.7 Å². The van der Waals surface area contributed by atoms with Crippen LogP contribution in [0.15, 0.2) is 4.99 Å². The first-order valence-electron chi connectivity index (χ1n) is 5.83. The van der Waals surface area contributed by atoms with E-state index in [9.17, 15) is 4.79 Å². The van der Waals surface area contributed by atoms with Gasteiger partial charge in [0.15, 0.2) is 0 Å². The molecule has 0 saturated heterocycles. The molecule has 4 heteroatoms. The lowest BCUT2D eigenvalue weighted by Gasteiger charge is -2.31. The molecule has 1 aliphatic rings. The van der Waals surface area contributed by atoms with Gasteiger partial charge in [0, 0.05) is 11.8 Å². The van der Waals surface area contributed by atoms with Gasteiger partial charge in [-0.15, -0.1) is 0 Å². The fraction of sp³-hybridized carbons (Fsp3) is 0.833. The molecule has 0 unspecified atom stereocenters. The summed E-state index contributed by atoms with van der Waals surface area (Å²) in [5.41, 5.74) is 6.18. The van der Waals surface area contributed by atoms with Crippen LogP contribution in [0, 0.1) is 5.92 Å². The van der Waals surface area contributed by atoms with Gasteiger partial charge in [-0.1, -0.05) is 6.42 Å². The standard InChI is InChI=1S/C12H22N2O2/c1-8(10(13)9-6-5-7-9)14-11(15)16-12(2,3)4/h9-10H,5-7,13H2,1-4H3/b14-8-/t10-/m0/s1. The van der Waals surface area contributed by atoms with E-state index in [1.165, 1.54) is 6.42 Å². The van der Waals surface area contributed by atoms with Crippen LogP contribution >= 0.6 is 0 Å². The van der Waals surface area contributed by atoms with E-state index in [1.807, 2.05) is 20.8 Å². The van der Waals surface area contributed by atoms with Crippen molar-refractivity contribution < 1.29 is 9.53 Å². The van der Waals surface area contributed by atoms with E-state index in [2.05, 4.69) is 4.99 Å². The van der Waals surface area contributed by atoms with Crippen LogP contribution in [-0.4, -0.2) is 23.4 Å². The molecule has 1 atom stereocenters.